The normalized spacial score (nSPS) is 17.1. The zero-order valence-electron chi connectivity index (χ0n) is 26.1. The van der Waals surface area contributed by atoms with Crippen molar-refractivity contribution in [1.29, 1.82) is 0 Å². The number of rotatable bonds is 10. The van der Waals surface area contributed by atoms with E-state index in [9.17, 15) is 28.3 Å². The Labute approximate surface area is 279 Å². The number of carbonyl (C=O) groups excluding carboxylic acids is 2. The maximum atomic E-state index is 14.2. The molecule has 0 saturated carbocycles. The van der Waals surface area contributed by atoms with Gasteiger partial charge in [-0.25, -0.2) is 9.50 Å². The van der Waals surface area contributed by atoms with E-state index in [1.165, 1.54) is 46.0 Å². The SMILES string of the molecule is CN1CCC(CC(C(=O)N2CCC(C(=O)O)CC2)n2cc(NC(=O)c3cnn4cccnc34)c(-c3cc(Cl)ccc3OC(F)F)n2)CC1. The molecule has 6 rings (SSSR count). The number of nitrogens with one attached hydrogen (secondary N) is 1. The van der Waals surface area contributed by atoms with E-state index in [-0.39, 0.29) is 58.2 Å². The van der Waals surface area contributed by atoms with Crippen molar-refractivity contribution in [2.24, 2.45) is 11.8 Å². The number of carboxylic acids is 1. The molecule has 48 heavy (non-hydrogen) atoms. The lowest BCUT2D eigenvalue weighted by atomic mass is 9.89. The van der Waals surface area contributed by atoms with Gasteiger partial charge in [0.25, 0.3) is 5.91 Å². The molecule has 1 atom stereocenters. The number of ether oxygens (including phenoxy) is 1. The number of carbonyl (C=O) groups is 3. The maximum absolute atomic E-state index is 14.2. The number of alkyl halides is 2. The summed E-state index contributed by atoms with van der Waals surface area (Å²) in [4.78, 5) is 47.6. The lowest BCUT2D eigenvalue weighted by Gasteiger charge is -2.35. The Morgan fingerprint density at radius 1 is 1.12 bits per heavy atom. The summed E-state index contributed by atoms with van der Waals surface area (Å²) >= 11 is 6.31. The first-order valence-corrected chi connectivity index (χ1v) is 16.1. The Bertz CT molecular complexity index is 1800. The number of carboxylic acid groups (broad SMARTS) is 1. The Morgan fingerprint density at radius 3 is 2.58 bits per heavy atom. The number of nitrogens with zero attached hydrogens (tertiary/aromatic N) is 7. The molecule has 2 fully saturated rings. The van der Waals surface area contributed by atoms with E-state index >= 15 is 0 Å². The number of aromatic nitrogens is 5. The Kier molecular flexibility index (Phi) is 9.87. The number of aliphatic carboxylic acids is 1. The highest BCUT2D eigenvalue weighted by atomic mass is 35.5. The molecular weight excluding hydrogens is 650 g/mol. The second-order valence-corrected chi connectivity index (χ2v) is 12.7. The highest BCUT2D eigenvalue weighted by molar-refractivity contribution is 6.31. The first-order chi connectivity index (χ1) is 23.1. The van der Waals surface area contributed by atoms with Gasteiger partial charge in [0, 0.05) is 36.1 Å². The van der Waals surface area contributed by atoms with Crippen molar-refractivity contribution in [2.45, 2.75) is 44.8 Å². The number of anilines is 1. The zero-order chi connectivity index (χ0) is 33.9. The van der Waals surface area contributed by atoms with Gasteiger partial charge in [-0.1, -0.05) is 11.6 Å². The molecule has 1 aromatic carbocycles. The van der Waals surface area contributed by atoms with Crippen LogP contribution >= 0.6 is 11.6 Å². The molecule has 1 unspecified atom stereocenters. The van der Waals surface area contributed by atoms with E-state index in [1.54, 1.807) is 17.2 Å². The molecule has 5 heterocycles. The predicted octanol–water partition coefficient (Wildman–Crippen LogP) is 4.70. The molecule has 2 aliphatic heterocycles. The first-order valence-electron chi connectivity index (χ1n) is 15.7. The monoisotopic (exact) mass is 684 g/mol. The van der Waals surface area contributed by atoms with E-state index in [0.717, 1.165) is 25.9 Å². The van der Waals surface area contributed by atoms with Crippen LogP contribution in [0.5, 0.6) is 5.75 Å². The number of piperidine rings is 2. The minimum atomic E-state index is -3.15. The van der Waals surface area contributed by atoms with Gasteiger partial charge in [-0.15, -0.1) is 0 Å². The van der Waals surface area contributed by atoms with Crippen molar-refractivity contribution in [3.63, 3.8) is 0 Å². The third-order valence-electron chi connectivity index (χ3n) is 9.07. The van der Waals surface area contributed by atoms with Crippen LogP contribution in [0.25, 0.3) is 16.9 Å². The lowest BCUT2D eigenvalue weighted by molar-refractivity contribution is -0.146. The summed E-state index contributed by atoms with van der Waals surface area (Å²) in [5, 5.41) is 21.5. The minimum Gasteiger partial charge on any atom is -0.481 e. The minimum absolute atomic E-state index is 0.0664. The molecule has 2 aliphatic rings. The molecule has 254 valence electrons. The highest BCUT2D eigenvalue weighted by Gasteiger charge is 2.35. The van der Waals surface area contributed by atoms with Crippen LogP contribution in [0.4, 0.5) is 14.5 Å². The van der Waals surface area contributed by atoms with Gasteiger partial charge in [-0.3, -0.25) is 19.1 Å². The molecule has 4 aromatic rings. The smallest absolute Gasteiger partial charge is 0.387 e. The van der Waals surface area contributed by atoms with Crippen molar-refractivity contribution >= 4 is 40.7 Å². The van der Waals surface area contributed by atoms with Gasteiger partial charge in [0.2, 0.25) is 5.91 Å². The van der Waals surface area contributed by atoms with E-state index < -0.39 is 30.4 Å². The summed E-state index contributed by atoms with van der Waals surface area (Å²) < 4.78 is 34.8. The number of likely N-dealkylation sites (tertiary alicyclic amines) is 2. The van der Waals surface area contributed by atoms with Crippen LogP contribution in [0.2, 0.25) is 5.02 Å². The topological polar surface area (TPSA) is 147 Å². The molecule has 0 spiro atoms. The maximum Gasteiger partial charge on any atom is 0.387 e. The molecule has 0 bridgehead atoms. The van der Waals surface area contributed by atoms with Crippen LogP contribution in [0, 0.1) is 11.8 Å². The Balaban J connectivity index is 1.41. The third kappa shape index (κ3) is 7.26. The van der Waals surface area contributed by atoms with E-state index in [1.807, 2.05) is 7.05 Å². The van der Waals surface area contributed by atoms with Crippen molar-refractivity contribution in [3.05, 3.63) is 59.6 Å². The summed E-state index contributed by atoms with van der Waals surface area (Å²) in [6.07, 6.45) is 8.87. The summed E-state index contributed by atoms with van der Waals surface area (Å²) in [7, 11) is 2.05. The van der Waals surface area contributed by atoms with Crippen molar-refractivity contribution in [1.82, 2.24) is 34.2 Å². The van der Waals surface area contributed by atoms with Gasteiger partial charge in [0.1, 0.15) is 23.0 Å². The number of hydrogen-bond acceptors (Lipinski definition) is 8. The van der Waals surface area contributed by atoms with Crippen molar-refractivity contribution in [3.8, 4) is 17.0 Å². The van der Waals surface area contributed by atoms with Crippen molar-refractivity contribution < 1.29 is 33.0 Å². The van der Waals surface area contributed by atoms with E-state index in [0.29, 0.717) is 24.9 Å². The summed E-state index contributed by atoms with van der Waals surface area (Å²) in [6, 6.07) is 4.94. The Hall–Kier alpha value is -4.63. The first kappa shape index (κ1) is 33.3. The quantitative estimate of drug-likeness (QED) is 0.243. The van der Waals surface area contributed by atoms with E-state index in [2.05, 4.69) is 20.3 Å². The second-order valence-electron chi connectivity index (χ2n) is 12.2. The van der Waals surface area contributed by atoms with Gasteiger partial charge in [-0.05, 0) is 82.4 Å². The predicted molar refractivity (Wildman–Crippen MR) is 171 cm³/mol. The fourth-order valence-electron chi connectivity index (χ4n) is 6.40. The average Bonchev–Trinajstić information content (AvgIpc) is 3.69. The summed E-state index contributed by atoms with van der Waals surface area (Å²) in [5.41, 5.74) is 0.736. The van der Waals surface area contributed by atoms with Crippen LogP contribution in [0.3, 0.4) is 0 Å². The van der Waals surface area contributed by atoms with Gasteiger partial charge in [-0.2, -0.15) is 19.0 Å². The molecule has 2 saturated heterocycles. The number of amides is 2. The number of halogens is 3. The highest BCUT2D eigenvalue weighted by Crippen LogP contribution is 2.39. The summed E-state index contributed by atoms with van der Waals surface area (Å²) in [5.74, 6) is -2.26. The standard InChI is InChI=1S/C32H35ClF2N8O5/c1-40-11-5-19(6-12-40)15-25(30(45)41-13-7-20(8-14-41)31(46)47)43-18-24(38-29(44)23-17-37-42-10-2-9-36-28(23)42)27(39-43)22-16-21(33)3-4-26(22)48-32(34)35/h2-4,9-10,16-20,25,32H,5-8,11-15H2,1H3,(H,38,44)(H,46,47). The van der Waals surface area contributed by atoms with Crippen LogP contribution in [0.1, 0.15) is 48.5 Å². The van der Waals surface area contributed by atoms with Gasteiger partial charge >= 0.3 is 12.6 Å². The van der Waals surface area contributed by atoms with Crippen LogP contribution < -0.4 is 10.1 Å². The van der Waals surface area contributed by atoms with Gasteiger partial charge < -0.3 is 25.0 Å². The van der Waals surface area contributed by atoms with Crippen LogP contribution in [-0.4, -0.2) is 96.9 Å². The second kappa shape index (κ2) is 14.2. The average molecular weight is 685 g/mol. The summed E-state index contributed by atoms with van der Waals surface area (Å²) in [6.45, 7) is -0.862. The van der Waals surface area contributed by atoms with E-state index in [4.69, 9.17) is 21.4 Å². The Morgan fingerprint density at radius 2 is 1.88 bits per heavy atom. The molecular formula is C32H35ClF2N8O5. The van der Waals surface area contributed by atoms with Gasteiger partial charge in [0.15, 0.2) is 5.65 Å². The number of hydrogen-bond donors (Lipinski definition) is 2. The fraction of sp³-hybridized carbons (Fsp3) is 0.438. The molecule has 16 heteroatoms. The van der Waals surface area contributed by atoms with Crippen LogP contribution in [-0.2, 0) is 9.59 Å². The molecule has 13 nitrogen and oxygen atoms in total. The van der Waals surface area contributed by atoms with Crippen molar-refractivity contribution in [2.75, 3.05) is 38.5 Å². The number of fused-ring (bicyclic) bond motifs is 1. The third-order valence-corrected chi connectivity index (χ3v) is 9.31. The van der Waals surface area contributed by atoms with Crippen LogP contribution in [0.15, 0.2) is 49.1 Å². The molecule has 0 radical (unpaired) electrons. The number of benzene rings is 1. The fourth-order valence-corrected chi connectivity index (χ4v) is 6.57. The molecule has 2 amide bonds. The zero-order valence-corrected chi connectivity index (χ0v) is 26.9. The molecule has 0 aliphatic carbocycles. The lowest BCUT2D eigenvalue weighted by Crippen LogP contribution is -2.44. The largest absolute Gasteiger partial charge is 0.481 e. The molecule has 2 N–H and O–H groups in total. The molecule has 3 aromatic heterocycles. The van der Waals surface area contributed by atoms with Gasteiger partial charge in [0.05, 0.1) is 24.0 Å².